The maximum atomic E-state index is 12.4. The van der Waals surface area contributed by atoms with Crippen LogP contribution in [0.25, 0.3) is 0 Å². The summed E-state index contributed by atoms with van der Waals surface area (Å²) in [5, 5.41) is 2.19. The molecule has 124 valence electrons. The molecule has 0 fully saturated rings. The third-order valence-electron chi connectivity index (χ3n) is 2.61. The molecule has 0 bridgehead atoms. The smallest absolute Gasteiger partial charge is 0.422 e. The van der Waals surface area contributed by atoms with E-state index < -0.39 is 18.7 Å². The Morgan fingerprint density at radius 3 is 2.65 bits per heavy atom. The van der Waals surface area contributed by atoms with Crippen LogP contribution in [0.15, 0.2) is 17.5 Å². The monoisotopic (exact) mass is 365 g/mol. The summed E-state index contributed by atoms with van der Waals surface area (Å²) < 4.78 is 41.0. The van der Waals surface area contributed by atoms with Crippen LogP contribution in [0.4, 0.5) is 18.3 Å². The third kappa shape index (κ3) is 4.55. The summed E-state index contributed by atoms with van der Waals surface area (Å²) in [6, 6.07) is 2.42. The van der Waals surface area contributed by atoms with Gasteiger partial charge in [0.25, 0.3) is 5.91 Å². The molecule has 2 aromatic rings. The van der Waals surface area contributed by atoms with Crippen molar-refractivity contribution in [3.8, 4) is 5.88 Å². The number of thiazole rings is 1. The van der Waals surface area contributed by atoms with Gasteiger partial charge >= 0.3 is 6.18 Å². The molecule has 0 spiro atoms. The number of ether oxygens (including phenoxy) is 1. The van der Waals surface area contributed by atoms with Gasteiger partial charge in [-0.1, -0.05) is 11.6 Å². The second-order valence-electron chi connectivity index (χ2n) is 4.52. The first-order valence-electron chi connectivity index (χ1n) is 6.23. The van der Waals surface area contributed by atoms with Gasteiger partial charge in [-0.25, -0.2) is 9.97 Å². The summed E-state index contributed by atoms with van der Waals surface area (Å²) in [5.74, 6) is -0.930. The maximum Gasteiger partial charge on any atom is 0.422 e. The van der Waals surface area contributed by atoms with Gasteiger partial charge in [0.15, 0.2) is 17.4 Å². The van der Waals surface area contributed by atoms with Crippen LogP contribution in [0, 0.1) is 6.92 Å². The minimum Gasteiger partial charge on any atom is -0.468 e. The maximum absolute atomic E-state index is 12.4. The van der Waals surface area contributed by atoms with Crippen LogP contribution in [0.1, 0.15) is 16.2 Å². The lowest BCUT2D eigenvalue weighted by Gasteiger charge is -2.15. The highest BCUT2D eigenvalue weighted by molar-refractivity contribution is 7.14. The molecule has 0 aliphatic carbocycles. The molecule has 23 heavy (non-hydrogen) atoms. The number of aromatic nitrogens is 2. The predicted octanol–water partition coefficient (Wildman–Crippen LogP) is 3.72. The number of hydrogen-bond acceptors (Lipinski definition) is 5. The molecule has 2 heterocycles. The zero-order valence-corrected chi connectivity index (χ0v) is 13.6. The fraction of sp³-hybridized carbons (Fsp3) is 0.308. The van der Waals surface area contributed by atoms with E-state index in [9.17, 15) is 18.0 Å². The van der Waals surface area contributed by atoms with E-state index in [0.717, 1.165) is 5.69 Å². The van der Waals surface area contributed by atoms with E-state index in [4.69, 9.17) is 11.6 Å². The number of amides is 1. The van der Waals surface area contributed by atoms with Crippen molar-refractivity contribution >= 4 is 34.0 Å². The Morgan fingerprint density at radius 2 is 2.09 bits per heavy atom. The minimum absolute atomic E-state index is 0.00878. The third-order valence-corrected chi connectivity index (χ3v) is 3.95. The highest BCUT2D eigenvalue weighted by Crippen LogP contribution is 2.25. The lowest BCUT2D eigenvalue weighted by atomic mass is 10.3. The Morgan fingerprint density at radius 1 is 1.39 bits per heavy atom. The molecule has 10 heteroatoms. The van der Waals surface area contributed by atoms with Gasteiger partial charge in [0.05, 0.1) is 10.7 Å². The number of halogens is 4. The minimum atomic E-state index is -4.50. The Hall–Kier alpha value is -1.87. The number of hydrogen-bond donors (Lipinski definition) is 0. The van der Waals surface area contributed by atoms with E-state index in [1.165, 1.54) is 35.4 Å². The van der Waals surface area contributed by atoms with Gasteiger partial charge in [0.1, 0.15) is 0 Å². The van der Waals surface area contributed by atoms with Gasteiger partial charge in [0.2, 0.25) is 5.88 Å². The lowest BCUT2D eigenvalue weighted by Crippen LogP contribution is -2.27. The van der Waals surface area contributed by atoms with Gasteiger partial charge in [-0.05, 0) is 13.0 Å². The van der Waals surface area contributed by atoms with E-state index in [2.05, 4.69) is 14.7 Å². The number of pyridine rings is 1. The molecule has 0 aliphatic rings. The Kier molecular flexibility index (Phi) is 5.10. The topological polar surface area (TPSA) is 55.3 Å². The van der Waals surface area contributed by atoms with Gasteiger partial charge in [-0.15, -0.1) is 11.3 Å². The van der Waals surface area contributed by atoms with Gasteiger partial charge in [0, 0.05) is 18.5 Å². The average molecular weight is 366 g/mol. The standard InChI is InChI=1S/C13H11ClF3N3O2S/c1-7-5-23-12(18-7)20(2)11(21)10-8(14)3-4-9(19-10)22-6-13(15,16)17/h3-5H,6H2,1-2H3. The molecule has 0 saturated heterocycles. The summed E-state index contributed by atoms with van der Waals surface area (Å²) in [5.41, 5.74) is 0.535. The predicted molar refractivity (Wildman–Crippen MR) is 80.4 cm³/mol. The molecule has 0 saturated carbocycles. The number of nitrogens with zero attached hydrogens (tertiary/aromatic N) is 3. The highest BCUT2D eigenvalue weighted by Gasteiger charge is 2.29. The lowest BCUT2D eigenvalue weighted by molar-refractivity contribution is -0.154. The van der Waals surface area contributed by atoms with E-state index >= 15 is 0 Å². The zero-order chi connectivity index (χ0) is 17.2. The van der Waals surface area contributed by atoms with Gasteiger partial charge in [-0.2, -0.15) is 13.2 Å². The van der Waals surface area contributed by atoms with Crippen LogP contribution < -0.4 is 9.64 Å². The van der Waals surface area contributed by atoms with Crippen LogP contribution in [0.3, 0.4) is 0 Å². The van der Waals surface area contributed by atoms with Crippen molar-refractivity contribution in [1.29, 1.82) is 0 Å². The second-order valence-corrected chi connectivity index (χ2v) is 5.76. The van der Waals surface area contributed by atoms with Crippen LogP contribution in [0.5, 0.6) is 5.88 Å². The number of rotatable bonds is 4. The van der Waals surface area contributed by atoms with Crippen molar-refractivity contribution in [1.82, 2.24) is 9.97 Å². The first kappa shape index (κ1) is 17.5. The number of carbonyl (C=O) groups excluding carboxylic acids is 1. The first-order valence-corrected chi connectivity index (χ1v) is 7.49. The van der Waals surface area contributed by atoms with E-state index in [1.54, 1.807) is 12.3 Å². The van der Waals surface area contributed by atoms with Crippen LogP contribution in [0.2, 0.25) is 5.02 Å². The fourth-order valence-corrected chi connectivity index (χ4v) is 2.50. The molecular weight excluding hydrogens is 355 g/mol. The summed E-state index contributed by atoms with van der Waals surface area (Å²) in [4.78, 5) is 21.5. The molecule has 5 nitrogen and oxygen atoms in total. The number of carbonyl (C=O) groups is 1. The fourth-order valence-electron chi connectivity index (χ4n) is 1.55. The Bertz CT molecular complexity index is 721. The molecule has 2 rings (SSSR count). The largest absolute Gasteiger partial charge is 0.468 e. The van der Waals surface area contributed by atoms with Crippen molar-refractivity contribution < 1.29 is 22.7 Å². The normalized spacial score (nSPS) is 11.4. The van der Waals surface area contributed by atoms with E-state index in [-0.39, 0.29) is 16.6 Å². The van der Waals surface area contributed by atoms with Crippen molar-refractivity contribution in [2.45, 2.75) is 13.1 Å². The summed E-state index contributed by atoms with van der Waals surface area (Å²) in [7, 11) is 1.47. The van der Waals surface area contributed by atoms with E-state index in [1.807, 2.05) is 0 Å². The molecule has 0 aliphatic heterocycles. The highest BCUT2D eigenvalue weighted by atomic mass is 35.5. The first-order chi connectivity index (χ1) is 10.7. The molecular formula is C13H11ClF3N3O2S. The zero-order valence-electron chi connectivity index (χ0n) is 12.0. The van der Waals surface area contributed by atoms with Crippen molar-refractivity contribution in [3.63, 3.8) is 0 Å². The quantitative estimate of drug-likeness (QED) is 0.828. The molecule has 0 atom stereocenters. The molecule has 0 N–H and O–H groups in total. The Balaban J connectivity index is 2.22. The number of aryl methyl sites for hydroxylation is 1. The van der Waals surface area contributed by atoms with Crippen LogP contribution in [-0.4, -0.2) is 35.7 Å². The molecule has 1 amide bonds. The molecule has 2 aromatic heterocycles. The molecule has 0 radical (unpaired) electrons. The summed E-state index contributed by atoms with van der Waals surface area (Å²) in [6.45, 7) is 0.270. The Labute approximate surface area is 138 Å². The summed E-state index contributed by atoms with van der Waals surface area (Å²) in [6.07, 6.45) is -4.50. The van der Waals surface area contributed by atoms with Crippen molar-refractivity contribution in [2.75, 3.05) is 18.6 Å². The van der Waals surface area contributed by atoms with Gasteiger partial charge < -0.3 is 4.74 Å². The molecule has 0 unspecified atom stereocenters. The van der Waals surface area contributed by atoms with Crippen LogP contribution in [-0.2, 0) is 0 Å². The SMILES string of the molecule is Cc1csc(N(C)C(=O)c2nc(OCC(F)(F)F)ccc2Cl)n1. The molecule has 0 aromatic carbocycles. The van der Waals surface area contributed by atoms with Crippen molar-refractivity contribution in [2.24, 2.45) is 0 Å². The number of alkyl halides is 3. The summed E-state index contributed by atoms with van der Waals surface area (Å²) >= 11 is 7.16. The average Bonchev–Trinajstić information content (AvgIpc) is 2.90. The van der Waals surface area contributed by atoms with Crippen molar-refractivity contribution in [3.05, 3.63) is 33.9 Å². The second kappa shape index (κ2) is 6.71. The van der Waals surface area contributed by atoms with Gasteiger partial charge in [-0.3, -0.25) is 9.69 Å². The van der Waals surface area contributed by atoms with Crippen LogP contribution >= 0.6 is 22.9 Å². The number of anilines is 1. The van der Waals surface area contributed by atoms with E-state index in [0.29, 0.717) is 5.13 Å².